The topological polar surface area (TPSA) is 140 Å². The van der Waals surface area contributed by atoms with Crippen molar-refractivity contribution in [1.82, 2.24) is 24.9 Å². The van der Waals surface area contributed by atoms with E-state index in [-0.39, 0.29) is 44.5 Å². The van der Waals surface area contributed by atoms with Crippen LogP contribution in [0, 0.1) is 5.92 Å². The average Bonchev–Trinajstić information content (AvgIpc) is 3.39. The first-order valence-corrected chi connectivity index (χ1v) is 13.0. The predicted molar refractivity (Wildman–Crippen MR) is 133 cm³/mol. The van der Waals surface area contributed by atoms with E-state index >= 15 is 0 Å². The van der Waals surface area contributed by atoms with E-state index in [0.29, 0.717) is 25.2 Å². The standard InChI is InChI=1S/C25H41N5O7/c1-15-8-20(28(5)11-15)25(36)37-17(3)9-22(33)30-12-18(32)10-19(30)24(35)29-7-6-27(4)13-21(29)23(34)26-16(2)14-31/h14-21,32H,6-13H2,1-5H3,(H,26,34)/t15-,16?,17?,18-,19?,20?,21?/m1/s1. The molecule has 2 N–H and O–H groups in total. The Morgan fingerprint density at radius 1 is 1.00 bits per heavy atom. The molecule has 0 saturated carbocycles. The quantitative estimate of drug-likeness (QED) is 0.286. The third kappa shape index (κ3) is 7.05. The van der Waals surface area contributed by atoms with E-state index in [4.69, 9.17) is 4.74 Å². The highest BCUT2D eigenvalue weighted by atomic mass is 16.5. The third-order valence-electron chi connectivity index (χ3n) is 7.44. The number of nitrogens with zero attached hydrogens (tertiary/aromatic N) is 4. The maximum Gasteiger partial charge on any atom is 0.323 e. The molecule has 0 aromatic carbocycles. The second-order valence-electron chi connectivity index (χ2n) is 10.9. The van der Waals surface area contributed by atoms with Gasteiger partial charge in [0.05, 0.1) is 18.6 Å². The molecule has 12 nitrogen and oxygen atoms in total. The van der Waals surface area contributed by atoms with Crippen molar-refractivity contribution in [1.29, 1.82) is 0 Å². The summed E-state index contributed by atoms with van der Waals surface area (Å²) in [5, 5.41) is 12.9. The maximum atomic E-state index is 13.6. The number of aliphatic hydroxyl groups is 1. The van der Waals surface area contributed by atoms with Gasteiger partial charge in [-0.3, -0.25) is 24.1 Å². The van der Waals surface area contributed by atoms with Crippen LogP contribution < -0.4 is 5.32 Å². The summed E-state index contributed by atoms with van der Waals surface area (Å²) in [4.78, 5) is 69.9. The number of hydrogen-bond acceptors (Lipinski definition) is 9. The van der Waals surface area contributed by atoms with Crippen molar-refractivity contribution in [2.75, 3.05) is 46.8 Å². The summed E-state index contributed by atoms with van der Waals surface area (Å²) in [6.07, 6.45) is -0.295. The number of carbonyl (C=O) groups excluding carboxylic acids is 5. The Bertz CT molecular complexity index is 885. The van der Waals surface area contributed by atoms with Crippen LogP contribution >= 0.6 is 0 Å². The molecule has 3 fully saturated rings. The van der Waals surface area contributed by atoms with Gasteiger partial charge in [-0.25, -0.2) is 0 Å². The van der Waals surface area contributed by atoms with Crippen LogP contribution in [-0.2, 0) is 28.7 Å². The van der Waals surface area contributed by atoms with Crippen LogP contribution in [0.3, 0.4) is 0 Å². The summed E-state index contributed by atoms with van der Waals surface area (Å²) in [6, 6.07) is -2.78. The van der Waals surface area contributed by atoms with Gasteiger partial charge in [-0.1, -0.05) is 6.92 Å². The normalized spacial score (nSPS) is 30.6. The number of β-amino-alcohol motifs (C(OH)–C–C–N with tert-alkyl or cyclic N) is 1. The Morgan fingerprint density at radius 3 is 2.32 bits per heavy atom. The zero-order chi connectivity index (χ0) is 27.4. The largest absolute Gasteiger partial charge is 0.461 e. The van der Waals surface area contributed by atoms with E-state index in [1.54, 1.807) is 13.8 Å². The third-order valence-corrected chi connectivity index (χ3v) is 7.44. The van der Waals surface area contributed by atoms with E-state index in [1.807, 2.05) is 23.9 Å². The van der Waals surface area contributed by atoms with Gasteiger partial charge in [0.2, 0.25) is 17.7 Å². The minimum Gasteiger partial charge on any atom is -0.461 e. The number of aldehydes is 1. The lowest BCUT2D eigenvalue weighted by molar-refractivity contribution is -0.157. The SMILES string of the molecule is CC(C=O)NC(=O)C1CN(C)CCN1C(=O)C1C[C@@H](O)CN1C(=O)CC(C)OC(=O)C1C[C@@H](C)CN1C. The number of likely N-dealkylation sites (tertiary alicyclic amines) is 2. The maximum absolute atomic E-state index is 13.6. The lowest BCUT2D eigenvalue weighted by Crippen LogP contribution is -2.63. The molecule has 0 radical (unpaired) electrons. The van der Waals surface area contributed by atoms with E-state index in [1.165, 1.54) is 9.80 Å². The number of carbonyl (C=O) groups is 5. The first kappa shape index (κ1) is 29.0. The molecular formula is C25H41N5O7. The minimum atomic E-state index is -0.922. The first-order valence-electron chi connectivity index (χ1n) is 13.0. The van der Waals surface area contributed by atoms with Crippen LogP contribution in [0.5, 0.6) is 0 Å². The summed E-state index contributed by atoms with van der Waals surface area (Å²) >= 11 is 0. The highest BCUT2D eigenvalue weighted by Crippen LogP contribution is 2.25. The van der Waals surface area contributed by atoms with E-state index in [9.17, 15) is 29.1 Å². The Labute approximate surface area is 218 Å². The van der Waals surface area contributed by atoms with E-state index in [0.717, 1.165) is 6.54 Å². The number of rotatable bonds is 8. The molecular weight excluding hydrogens is 482 g/mol. The van der Waals surface area contributed by atoms with Gasteiger partial charge in [0.1, 0.15) is 30.5 Å². The molecule has 0 bridgehead atoms. The van der Waals surface area contributed by atoms with Crippen molar-refractivity contribution >= 4 is 30.0 Å². The molecule has 0 aromatic rings. The lowest BCUT2D eigenvalue weighted by atomic mass is 10.1. The zero-order valence-electron chi connectivity index (χ0n) is 22.5. The van der Waals surface area contributed by atoms with Crippen molar-refractivity contribution in [3.05, 3.63) is 0 Å². The van der Waals surface area contributed by atoms with Gasteiger partial charge in [-0.05, 0) is 40.3 Å². The number of nitrogens with one attached hydrogen (secondary N) is 1. The molecule has 0 spiro atoms. The Morgan fingerprint density at radius 2 is 1.70 bits per heavy atom. The van der Waals surface area contributed by atoms with Crippen molar-refractivity contribution in [3.8, 4) is 0 Å². The molecule has 3 aliphatic rings. The number of piperazine rings is 1. The second kappa shape index (κ2) is 12.3. The van der Waals surface area contributed by atoms with Crippen LogP contribution in [0.4, 0.5) is 0 Å². The summed E-state index contributed by atoms with van der Waals surface area (Å²) in [6.45, 7) is 7.18. The smallest absolute Gasteiger partial charge is 0.323 e. The van der Waals surface area contributed by atoms with Gasteiger partial charge >= 0.3 is 5.97 Å². The molecule has 3 saturated heterocycles. The molecule has 3 aliphatic heterocycles. The van der Waals surface area contributed by atoms with Gasteiger partial charge in [-0.2, -0.15) is 0 Å². The fourth-order valence-corrected chi connectivity index (χ4v) is 5.49. The number of aliphatic hydroxyl groups excluding tert-OH is 1. The average molecular weight is 524 g/mol. The highest BCUT2D eigenvalue weighted by Gasteiger charge is 2.45. The fraction of sp³-hybridized carbons (Fsp3) is 0.800. The van der Waals surface area contributed by atoms with Crippen molar-refractivity contribution < 1.29 is 33.8 Å². The number of esters is 1. The van der Waals surface area contributed by atoms with Crippen molar-refractivity contribution in [2.45, 2.75) is 76.4 Å². The molecule has 3 heterocycles. The molecule has 5 unspecified atom stereocenters. The number of likely N-dealkylation sites (N-methyl/N-ethyl adjacent to an activating group) is 2. The monoisotopic (exact) mass is 523 g/mol. The summed E-state index contributed by atoms with van der Waals surface area (Å²) in [7, 11) is 3.71. The molecule has 37 heavy (non-hydrogen) atoms. The van der Waals surface area contributed by atoms with Gasteiger partial charge in [0.15, 0.2) is 0 Å². The summed E-state index contributed by atoms with van der Waals surface area (Å²) in [5.74, 6) is -1.23. The van der Waals surface area contributed by atoms with E-state index < -0.39 is 48.1 Å². The van der Waals surface area contributed by atoms with Crippen LogP contribution in [0.15, 0.2) is 0 Å². The minimum absolute atomic E-state index is 0.00837. The Hall–Kier alpha value is -2.57. The number of hydrogen-bond donors (Lipinski definition) is 2. The summed E-state index contributed by atoms with van der Waals surface area (Å²) in [5.41, 5.74) is 0. The second-order valence-corrected chi connectivity index (χ2v) is 10.9. The molecule has 3 amide bonds. The van der Waals surface area contributed by atoms with Gasteiger partial charge in [0.25, 0.3) is 0 Å². The highest BCUT2D eigenvalue weighted by molar-refractivity contribution is 5.93. The number of amides is 3. The zero-order valence-corrected chi connectivity index (χ0v) is 22.5. The molecule has 12 heteroatoms. The molecule has 0 aliphatic carbocycles. The lowest BCUT2D eigenvalue weighted by Gasteiger charge is -2.41. The van der Waals surface area contributed by atoms with Crippen molar-refractivity contribution in [3.63, 3.8) is 0 Å². The molecule has 7 atom stereocenters. The van der Waals surface area contributed by atoms with Crippen LogP contribution in [0.25, 0.3) is 0 Å². The van der Waals surface area contributed by atoms with Crippen LogP contribution in [0.2, 0.25) is 0 Å². The van der Waals surface area contributed by atoms with Crippen molar-refractivity contribution in [2.24, 2.45) is 5.92 Å². The predicted octanol–water partition coefficient (Wildman–Crippen LogP) is -1.54. The van der Waals surface area contributed by atoms with Crippen LogP contribution in [0.1, 0.15) is 40.0 Å². The summed E-state index contributed by atoms with van der Waals surface area (Å²) < 4.78 is 5.56. The molecule has 3 rings (SSSR count). The van der Waals surface area contributed by atoms with Gasteiger partial charge in [-0.15, -0.1) is 0 Å². The van der Waals surface area contributed by atoms with Gasteiger partial charge in [0, 0.05) is 39.1 Å². The Kier molecular flexibility index (Phi) is 9.65. The Balaban J connectivity index is 1.65. The van der Waals surface area contributed by atoms with Gasteiger partial charge < -0.3 is 34.7 Å². The molecule has 208 valence electrons. The molecule has 0 aromatic heterocycles. The number of ether oxygens (including phenoxy) is 1. The first-order chi connectivity index (χ1) is 17.4. The van der Waals surface area contributed by atoms with E-state index in [2.05, 4.69) is 12.2 Å². The fourth-order valence-electron chi connectivity index (χ4n) is 5.49. The van der Waals surface area contributed by atoms with Crippen LogP contribution in [-0.4, -0.2) is 138 Å².